The number of rotatable bonds is 7. The summed E-state index contributed by atoms with van der Waals surface area (Å²) < 4.78 is 11.0. The van der Waals surface area contributed by atoms with Gasteiger partial charge in [-0.3, -0.25) is 9.69 Å². The molecule has 1 aliphatic rings. The van der Waals surface area contributed by atoms with Crippen molar-refractivity contribution in [3.63, 3.8) is 0 Å². The van der Waals surface area contributed by atoms with Crippen LogP contribution in [-0.4, -0.2) is 54.7 Å². The number of amides is 1. The van der Waals surface area contributed by atoms with Crippen LogP contribution in [0.15, 0.2) is 28.7 Å². The first-order valence-electron chi connectivity index (χ1n) is 8.65. The van der Waals surface area contributed by atoms with Crippen LogP contribution in [0, 0.1) is 0 Å². The van der Waals surface area contributed by atoms with Crippen molar-refractivity contribution in [2.45, 2.75) is 32.2 Å². The molecule has 1 saturated heterocycles. The summed E-state index contributed by atoms with van der Waals surface area (Å²) in [6.07, 6.45) is 1.92. The fourth-order valence-corrected chi connectivity index (χ4v) is 2.92. The van der Waals surface area contributed by atoms with E-state index in [0.29, 0.717) is 31.3 Å². The van der Waals surface area contributed by atoms with E-state index < -0.39 is 0 Å². The molecule has 6 nitrogen and oxygen atoms in total. The number of para-hydroxylation sites is 2. The van der Waals surface area contributed by atoms with E-state index in [2.05, 4.69) is 22.1 Å². The second-order valence-electron chi connectivity index (χ2n) is 6.23. The van der Waals surface area contributed by atoms with Crippen molar-refractivity contribution in [1.29, 1.82) is 0 Å². The Labute approximate surface area is 142 Å². The number of carbonyl (C=O) groups excluding carboxylic acids is 1. The lowest BCUT2D eigenvalue weighted by Gasteiger charge is -2.32. The van der Waals surface area contributed by atoms with Crippen LogP contribution in [0.3, 0.4) is 0 Å². The number of aryl methyl sites for hydroxylation is 1. The van der Waals surface area contributed by atoms with Crippen LogP contribution >= 0.6 is 0 Å². The normalized spacial score (nSPS) is 17.0. The average molecular weight is 331 g/mol. The number of morpholine rings is 1. The highest BCUT2D eigenvalue weighted by Crippen LogP contribution is 2.16. The van der Waals surface area contributed by atoms with Gasteiger partial charge in [-0.2, -0.15) is 0 Å². The third kappa shape index (κ3) is 4.55. The largest absolute Gasteiger partial charge is 0.441 e. The van der Waals surface area contributed by atoms with E-state index in [-0.39, 0.29) is 5.91 Å². The molecule has 3 rings (SSSR count). The van der Waals surface area contributed by atoms with E-state index in [1.807, 2.05) is 24.3 Å². The van der Waals surface area contributed by atoms with Crippen molar-refractivity contribution < 1.29 is 13.9 Å². The molecule has 1 amide bonds. The summed E-state index contributed by atoms with van der Waals surface area (Å²) in [5.74, 6) is 0.789. The monoisotopic (exact) mass is 331 g/mol. The molecule has 24 heavy (non-hydrogen) atoms. The number of aromatic nitrogens is 1. The Morgan fingerprint density at radius 3 is 2.92 bits per heavy atom. The molecule has 1 fully saturated rings. The van der Waals surface area contributed by atoms with Gasteiger partial charge < -0.3 is 14.5 Å². The predicted octanol–water partition coefficient (Wildman–Crippen LogP) is 1.99. The number of nitrogens with one attached hydrogen (secondary N) is 1. The molecule has 0 unspecified atom stereocenters. The minimum atomic E-state index is 0.0891. The SMILES string of the molecule is C[C@@H](CNC(=O)CCCc1nc2ccccc2o1)N1CCOCC1. The molecule has 0 aliphatic carbocycles. The molecular formula is C18H25N3O3. The molecule has 130 valence electrons. The van der Waals surface area contributed by atoms with Gasteiger partial charge >= 0.3 is 0 Å². The first-order valence-corrected chi connectivity index (χ1v) is 8.65. The van der Waals surface area contributed by atoms with Gasteiger partial charge in [-0.25, -0.2) is 4.98 Å². The van der Waals surface area contributed by atoms with Crippen LogP contribution in [0.1, 0.15) is 25.7 Å². The summed E-state index contributed by atoms with van der Waals surface area (Å²) in [5, 5.41) is 3.02. The Hall–Kier alpha value is -1.92. The first kappa shape index (κ1) is 16.9. The van der Waals surface area contributed by atoms with Crippen LogP contribution in [0.2, 0.25) is 0 Å². The smallest absolute Gasteiger partial charge is 0.220 e. The highest BCUT2D eigenvalue weighted by Gasteiger charge is 2.17. The summed E-state index contributed by atoms with van der Waals surface area (Å²) in [4.78, 5) is 18.8. The number of fused-ring (bicyclic) bond motifs is 1. The third-order valence-electron chi connectivity index (χ3n) is 4.40. The topological polar surface area (TPSA) is 67.6 Å². The quantitative estimate of drug-likeness (QED) is 0.840. The maximum atomic E-state index is 12.0. The Morgan fingerprint density at radius 2 is 2.12 bits per heavy atom. The highest BCUT2D eigenvalue weighted by atomic mass is 16.5. The van der Waals surface area contributed by atoms with Gasteiger partial charge in [0, 0.05) is 38.5 Å². The number of carbonyl (C=O) groups is 1. The van der Waals surface area contributed by atoms with E-state index in [4.69, 9.17) is 9.15 Å². The van der Waals surface area contributed by atoms with Crippen LogP contribution < -0.4 is 5.32 Å². The molecular weight excluding hydrogens is 306 g/mol. The fourth-order valence-electron chi connectivity index (χ4n) is 2.92. The van der Waals surface area contributed by atoms with Gasteiger partial charge in [0.25, 0.3) is 0 Å². The summed E-state index contributed by atoms with van der Waals surface area (Å²) in [6.45, 7) is 6.26. The number of hydrogen-bond acceptors (Lipinski definition) is 5. The fraction of sp³-hybridized carbons (Fsp3) is 0.556. The first-order chi connectivity index (χ1) is 11.7. The Balaban J connectivity index is 1.36. The van der Waals surface area contributed by atoms with Gasteiger partial charge in [0.05, 0.1) is 13.2 Å². The van der Waals surface area contributed by atoms with Crippen molar-refractivity contribution in [1.82, 2.24) is 15.2 Å². The number of hydrogen-bond donors (Lipinski definition) is 1. The number of benzene rings is 1. The lowest BCUT2D eigenvalue weighted by Crippen LogP contribution is -2.47. The zero-order valence-corrected chi connectivity index (χ0v) is 14.2. The minimum Gasteiger partial charge on any atom is -0.441 e. The van der Waals surface area contributed by atoms with Crippen molar-refractivity contribution in [3.8, 4) is 0 Å². The van der Waals surface area contributed by atoms with Crippen molar-refractivity contribution in [2.24, 2.45) is 0 Å². The lowest BCUT2D eigenvalue weighted by atomic mass is 10.2. The molecule has 1 N–H and O–H groups in total. The molecule has 6 heteroatoms. The Morgan fingerprint density at radius 1 is 1.33 bits per heavy atom. The van der Waals surface area contributed by atoms with Crippen molar-refractivity contribution in [3.05, 3.63) is 30.2 Å². The Kier molecular flexibility index (Phi) is 5.82. The molecule has 1 aromatic carbocycles. The molecule has 1 aliphatic heterocycles. The third-order valence-corrected chi connectivity index (χ3v) is 4.40. The van der Waals surface area contributed by atoms with Crippen LogP contribution in [0.25, 0.3) is 11.1 Å². The van der Waals surface area contributed by atoms with Crippen LogP contribution in [0.4, 0.5) is 0 Å². The summed E-state index contributed by atoms with van der Waals surface area (Å²) in [5.41, 5.74) is 1.67. The van der Waals surface area contributed by atoms with E-state index in [9.17, 15) is 4.79 Å². The summed E-state index contributed by atoms with van der Waals surface area (Å²) in [7, 11) is 0. The van der Waals surface area contributed by atoms with Gasteiger partial charge in [-0.15, -0.1) is 0 Å². The van der Waals surface area contributed by atoms with Gasteiger partial charge in [0.15, 0.2) is 11.5 Å². The molecule has 1 atom stereocenters. The summed E-state index contributed by atoms with van der Waals surface area (Å²) in [6, 6.07) is 8.06. The molecule has 2 heterocycles. The lowest BCUT2D eigenvalue weighted by molar-refractivity contribution is -0.121. The minimum absolute atomic E-state index is 0.0891. The van der Waals surface area contributed by atoms with Crippen molar-refractivity contribution >= 4 is 17.0 Å². The second-order valence-corrected chi connectivity index (χ2v) is 6.23. The number of oxazole rings is 1. The molecule has 2 aromatic rings. The predicted molar refractivity (Wildman–Crippen MR) is 91.8 cm³/mol. The second kappa shape index (κ2) is 8.26. The van der Waals surface area contributed by atoms with E-state index in [1.54, 1.807) is 0 Å². The van der Waals surface area contributed by atoms with Gasteiger partial charge in [0.2, 0.25) is 5.91 Å². The summed E-state index contributed by atoms with van der Waals surface area (Å²) >= 11 is 0. The van der Waals surface area contributed by atoms with E-state index in [0.717, 1.165) is 43.8 Å². The molecule has 1 aromatic heterocycles. The number of ether oxygens (including phenoxy) is 1. The van der Waals surface area contributed by atoms with Crippen LogP contribution in [-0.2, 0) is 16.0 Å². The van der Waals surface area contributed by atoms with Gasteiger partial charge in [0.1, 0.15) is 5.52 Å². The average Bonchev–Trinajstić information content (AvgIpc) is 3.03. The maximum Gasteiger partial charge on any atom is 0.220 e. The standard InChI is InChI=1S/C18H25N3O3/c1-14(21-9-11-23-12-10-21)13-19-17(22)7-4-8-18-20-15-5-2-3-6-16(15)24-18/h2-3,5-6,14H,4,7-13H2,1H3,(H,19,22)/t14-/m0/s1. The van der Waals surface area contributed by atoms with Crippen molar-refractivity contribution in [2.75, 3.05) is 32.8 Å². The maximum absolute atomic E-state index is 12.0. The molecule has 0 spiro atoms. The Bertz CT molecular complexity index is 631. The van der Waals surface area contributed by atoms with E-state index >= 15 is 0 Å². The van der Waals surface area contributed by atoms with E-state index in [1.165, 1.54) is 0 Å². The van der Waals surface area contributed by atoms with Crippen LogP contribution in [0.5, 0.6) is 0 Å². The van der Waals surface area contributed by atoms with Gasteiger partial charge in [-0.1, -0.05) is 12.1 Å². The zero-order chi connectivity index (χ0) is 16.8. The highest BCUT2D eigenvalue weighted by molar-refractivity contribution is 5.76. The zero-order valence-electron chi connectivity index (χ0n) is 14.2. The molecule has 0 saturated carbocycles. The molecule has 0 radical (unpaired) electrons. The molecule has 0 bridgehead atoms. The number of nitrogens with zero attached hydrogens (tertiary/aromatic N) is 2. The van der Waals surface area contributed by atoms with Gasteiger partial charge in [-0.05, 0) is 25.5 Å².